The standard InChI is InChI=1S/C33H36F3N3OS/c1-21-17-23(8-13-30(21)40-5)33(2)15-6-7-29-31(33)39(25-11-9-24(34)10-12-25)32(37-29)41-20-26-27(35)18-22(19-28(26)36)14-16-38(3)4/h8-13,17-19H,6-7,14-16,20H2,1-5H3. The average Bonchev–Trinajstić information content (AvgIpc) is 3.31. The van der Waals surface area contributed by atoms with E-state index in [-0.39, 0.29) is 22.5 Å². The van der Waals surface area contributed by atoms with Crippen LogP contribution in [0.2, 0.25) is 0 Å². The van der Waals surface area contributed by atoms with E-state index in [1.165, 1.54) is 36.0 Å². The topological polar surface area (TPSA) is 30.3 Å². The van der Waals surface area contributed by atoms with Crippen molar-refractivity contribution < 1.29 is 17.9 Å². The summed E-state index contributed by atoms with van der Waals surface area (Å²) in [4.78, 5) is 7.01. The van der Waals surface area contributed by atoms with Gasteiger partial charge in [0.1, 0.15) is 23.2 Å². The first-order valence-electron chi connectivity index (χ1n) is 13.9. The normalized spacial score (nSPS) is 16.7. The average molecular weight is 580 g/mol. The predicted molar refractivity (Wildman–Crippen MR) is 159 cm³/mol. The Labute approximate surface area is 244 Å². The summed E-state index contributed by atoms with van der Waals surface area (Å²) in [6.07, 6.45) is 3.22. The van der Waals surface area contributed by atoms with Crippen molar-refractivity contribution in [3.8, 4) is 11.4 Å². The molecule has 1 atom stereocenters. The number of hydrogen-bond acceptors (Lipinski definition) is 4. The third-order valence-corrected chi connectivity index (χ3v) is 9.01. The third kappa shape index (κ3) is 5.90. The van der Waals surface area contributed by atoms with Crippen LogP contribution in [-0.4, -0.2) is 42.2 Å². The van der Waals surface area contributed by atoms with Gasteiger partial charge in [-0.3, -0.25) is 4.57 Å². The first-order valence-corrected chi connectivity index (χ1v) is 14.9. The van der Waals surface area contributed by atoms with E-state index < -0.39 is 11.6 Å². The molecule has 1 heterocycles. The van der Waals surface area contributed by atoms with Crippen molar-refractivity contribution in [2.45, 2.75) is 55.9 Å². The molecule has 0 saturated heterocycles. The van der Waals surface area contributed by atoms with Crippen LogP contribution in [0.4, 0.5) is 13.2 Å². The molecule has 0 N–H and O–H groups in total. The lowest BCUT2D eigenvalue weighted by Crippen LogP contribution is -2.31. The van der Waals surface area contributed by atoms with Gasteiger partial charge < -0.3 is 9.64 Å². The number of ether oxygens (including phenoxy) is 1. The number of imidazole rings is 1. The van der Waals surface area contributed by atoms with Crippen LogP contribution in [-0.2, 0) is 24.0 Å². The molecule has 1 aromatic heterocycles. The Morgan fingerprint density at radius 2 is 1.73 bits per heavy atom. The summed E-state index contributed by atoms with van der Waals surface area (Å²) < 4.78 is 51.8. The fourth-order valence-corrected chi connectivity index (χ4v) is 6.82. The molecule has 0 bridgehead atoms. The van der Waals surface area contributed by atoms with Crippen LogP contribution in [0.1, 0.15) is 53.4 Å². The van der Waals surface area contributed by atoms with Gasteiger partial charge in [0, 0.05) is 29.0 Å². The minimum atomic E-state index is -0.547. The van der Waals surface area contributed by atoms with E-state index in [0.717, 1.165) is 53.2 Å². The Hall–Kier alpha value is -3.23. The summed E-state index contributed by atoms with van der Waals surface area (Å²) in [6, 6.07) is 15.4. The predicted octanol–water partition coefficient (Wildman–Crippen LogP) is 7.65. The Morgan fingerprint density at radius 1 is 1.02 bits per heavy atom. The lowest BCUT2D eigenvalue weighted by atomic mass is 9.71. The lowest BCUT2D eigenvalue weighted by Gasteiger charge is -2.36. The molecule has 0 fully saturated rings. The van der Waals surface area contributed by atoms with Gasteiger partial charge in [-0.15, -0.1) is 0 Å². The second kappa shape index (κ2) is 11.9. The largest absolute Gasteiger partial charge is 0.496 e. The van der Waals surface area contributed by atoms with E-state index >= 15 is 8.78 Å². The molecule has 3 aromatic carbocycles. The van der Waals surface area contributed by atoms with Crippen LogP contribution in [0.25, 0.3) is 5.69 Å². The van der Waals surface area contributed by atoms with Crippen LogP contribution in [0.15, 0.2) is 59.8 Å². The van der Waals surface area contributed by atoms with E-state index in [0.29, 0.717) is 23.7 Å². The van der Waals surface area contributed by atoms with Gasteiger partial charge in [-0.1, -0.05) is 23.9 Å². The van der Waals surface area contributed by atoms with Crippen molar-refractivity contribution in [2.24, 2.45) is 0 Å². The molecule has 1 aliphatic carbocycles. The van der Waals surface area contributed by atoms with Crippen LogP contribution in [0.3, 0.4) is 0 Å². The van der Waals surface area contributed by atoms with E-state index in [1.54, 1.807) is 19.2 Å². The quantitative estimate of drug-likeness (QED) is 0.191. The molecule has 1 aliphatic rings. The molecule has 0 aliphatic heterocycles. The van der Waals surface area contributed by atoms with E-state index in [9.17, 15) is 4.39 Å². The van der Waals surface area contributed by atoms with Crippen LogP contribution in [0, 0.1) is 24.4 Å². The Morgan fingerprint density at radius 3 is 2.37 bits per heavy atom. The third-order valence-electron chi connectivity index (χ3n) is 8.04. The zero-order valence-electron chi connectivity index (χ0n) is 24.2. The second-order valence-corrected chi connectivity index (χ2v) is 12.2. The molecule has 4 nitrogen and oxygen atoms in total. The highest BCUT2D eigenvalue weighted by Gasteiger charge is 2.39. The number of hydrogen-bond donors (Lipinski definition) is 0. The van der Waals surface area contributed by atoms with Gasteiger partial charge in [-0.25, -0.2) is 18.2 Å². The summed E-state index contributed by atoms with van der Waals surface area (Å²) in [5.41, 5.74) is 5.22. The fourth-order valence-electron chi connectivity index (χ4n) is 5.77. The summed E-state index contributed by atoms with van der Waals surface area (Å²) in [5.74, 6) is -0.512. The van der Waals surface area contributed by atoms with E-state index in [4.69, 9.17) is 9.72 Å². The lowest BCUT2D eigenvalue weighted by molar-refractivity contribution is 0.409. The Balaban J connectivity index is 1.56. The molecule has 41 heavy (non-hydrogen) atoms. The van der Waals surface area contributed by atoms with Crippen molar-refractivity contribution in [3.63, 3.8) is 0 Å². The minimum Gasteiger partial charge on any atom is -0.496 e. The first-order chi connectivity index (χ1) is 19.6. The van der Waals surface area contributed by atoms with Crippen molar-refractivity contribution in [2.75, 3.05) is 27.7 Å². The van der Waals surface area contributed by atoms with Crippen molar-refractivity contribution in [3.05, 3.63) is 106 Å². The minimum absolute atomic E-state index is 0.0313. The maximum absolute atomic E-state index is 15.1. The van der Waals surface area contributed by atoms with Gasteiger partial charge in [-0.2, -0.15) is 0 Å². The molecular weight excluding hydrogens is 543 g/mol. The summed E-state index contributed by atoms with van der Waals surface area (Å²) >= 11 is 1.30. The number of thioether (sulfide) groups is 1. The molecule has 0 radical (unpaired) electrons. The molecule has 4 aromatic rings. The van der Waals surface area contributed by atoms with Crippen molar-refractivity contribution in [1.29, 1.82) is 0 Å². The van der Waals surface area contributed by atoms with Gasteiger partial charge in [0.2, 0.25) is 0 Å². The van der Waals surface area contributed by atoms with Gasteiger partial charge in [-0.05, 0) is 113 Å². The SMILES string of the molecule is COc1ccc(C2(C)CCCc3nc(SCc4c(F)cc(CCN(C)C)cc4F)n(-c4ccc(F)cc4)c32)cc1C. The Kier molecular flexibility index (Phi) is 8.52. The molecule has 216 valence electrons. The van der Waals surface area contributed by atoms with Gasteiger partial charge in [0.15, 0.2) is 5.16 Å². The molecule has 0 saturated carbocycles. The summed E-state index contributed by atoms with van der Waals surface area (Å²) in [7, 11) is 5.53. The molecule has 8 heteroatoms. The van der Waals surface area contributed by atoms with E-state index in [1.807, 2.05) is 32.0 Å². The van der Waals surface area contributed by atoms with E-state index in [2.05, 4.69) is 23.6 Å². The summed E-state index contributed by atoms with van der Waals surface area (Å²) in [5, 5.41) is 0.635. The first kappa shape index (κ1) is 29.3. The number of aryl methyl sites for hydroxylation is 2. The number of likely N-dealkylation sites (N-methyl/N-ethyl adjacent to an activating group) is 1. The Bertz CT molecular complexity index is 1530. The summed E-state index contributed by atoms with van der Waals surface area (Å²) in [6.45, 7) is 4.96. The molecule has 0 spiro atoms. The number of aromatic nitrogens is 2. The molecular formula is C33H36F3N3OS. The highest BCUT2D eigenvalue weighted by Crippen LogP contribution is 2.46. The number of methoxy groups -OCH3 is 1. The zero-order valence-corrected chi connectivity index (χ0v) is 25.0. The number of fused-ring (bicyclic) bond motifs is 1. The molecule has 5 rings (SSSR count). The van der Waals surface area contributed by atoms with Crippen LogP contribution in [0.5, 0.6) is 5.75 Å². The van der Waals surface area contributed by atoms with Gasteiger partial charge >= 0.3 is 0 Å². The smallest absolute Gasteiger partial charge is 0.173 e. The van der Waals surface area contributed by atoms with Crippen LogP contribution >= 0.6 is 11.8 Å². The zero-order chi connectivity index (χ0) is 29.3. The van der Waals surface area contributed by atoms with Crippen molar-refractivity contribution in [1.82, 2.24) is 14.5 Å². The van der Waals surface area contributed by atoms with Crippen molar-refractivity contribution >= 4 is 11.8 Å². The van der Waals surface area contributed by atoms with Gasteiger partial charge in [0.25, 0.3) is 0 Å². The highest BCUT2D eigenvalue weighted by molar-refractivity contribution is 7.98. The number of halogens is 3. The number of nitrogens with zero attached hydrogens (tertiary/aromatic N) is 3. The molecule has 1 unspecified atom stereocenters. The van der Waals surface area contributed by atoms with Gasteiger partial charge in [0.05, 0.1) is 18.5 Å². The maximum atomic E-state index is 15.1. The highest BCUT2D eigenvalue weighted by atomic mass is 32.2. The second-order valence-electron chi connectivity index (χ2n) is 11.3. The number of rotatable bonds is 9. The maximum Gasteiger partial charge on any atom is 0.173 e. The monoisotopic (exact) mass is 579 g/mol. The van der Waals surface area contributed by atoms with Crippen LogP contribution < -0.4 is 4.74 Å². The number of benzene rings is 3. The molecule has 0 amide bonds. The fraction of sp³-hybridized carbons (Fsp3) is 0.364.